The van der Waals surface area contributed by atoms with E-state index in [0.29, 0.717) is 66.1 Å². The van der Waals surface area contributed by atoms with Crippen LogP contribution in [-0.2, 0) is 10.0 Å². The third kappa shape index (κ3) is 6.19. The van der Waals surface area contributed by atoms with Crippen LogP contribution in [0.15, 0.2) is 67.9 Å². The summed E-state index contributed by atoms with van der Waals surface area (Å²) in [6, 6.07) is 11.5. The number of carbonyl (C=O) groups is 1. The van der Waals surface area contributed by atoms with E-state index in [4.69, 9.17) is 24.8 Å². The van der Waals surface area contributed by atoms with Crippen LogP contribution >= 0.6 is 11.9 Å². The number of nitrogens with one attached hydrogen (secondary N) is 1. The van der Waals surface area contributed by atoms with E-state index in [1.54, 1.807) is 55.8 Å². The van der Waals surface area contributed by atoms with E-state index in [1.807, 2.05) is 4.90 Å². The summed E-state index contributed by atoms with van der Waals surface area (Å²) < 4.78 is 40.7. The molecule has 0 unspecified atom stereocenters. The Kier molecular flexibility index (Phi) is 8.37. The minimum absolute atomic E-state index is 0.0997. The molecule has 220 valence electrons. The maximum absolute atomic E-state index is 12.4. The highest BCUT2D eigenvalue weighted by molar-refractivity contribution is 7.98. The highest BCUT2D eigenvalue weighted by atomic mass is 32.2. The lowest BCUT2D eigenvalue weighted by atomic mass is 10.2. The number of aromatic nitrogens is 2. The van der Waals surface area contributed by atoms with Gasteiger partial charge < -0.3 is 34.1 Å². The quantitative estimate of drug-likeness (QED) is 0.279. The van der Waals surface area contributed by atoms with Crippen LogP contribution in [0.2, 0.25) is 0 Å². The molecule has 1 amide bonds. The molecule has 16 heteroatoms. The second-order valence-corrected chi connectivity index (χ2v) is 11.5. The Bertz CT molecular complexity index is 1740. The molecule has 4 aromatic rings. The van der Waals surface area contributed by atoms with E-state index in [9.17, 15) is 13.2 Å². The Morgan fingerprint density at radius 1 is 1.05 bits per heavy atom. The van der Waals surface area contributed by atoms with Crippen LogP contribution in [0.3, 0.4) is 0 Å². The summed E-state index contributed by atoms with van der Waals surface area (Å²) in [5.74, 6) is 2.29. The van der Waals surface area contributed by atoms with Crippen LogP contribution in [0.25, 0.3) is 10.9 Å². The van der Waals surface area contributed by atoms with Crippen molar-refractivity contribution >= 4 is 62.6 Å². The number of anilines is 2. The Morgan fingerprint density at radius 2 is 1.79 bits per heavy atom. The fourth-order valence-corrected chi connectivity index (χ4v) is 5.58. The molecule has 0 radical (unpaired) electrons. The molecule has 1 fully saturated rings. The van der Waals surface area contributed by atoms with Crippen LogP contribution in [0, 0.1) is 0 Å². The van der Waals surface area contributed by atoms with Gasteiger partial charge in [0.25, 0.3) is 5.91 Å². The van der Waals surface area contributed by atoms with Crippen LogP contribution in [0.4, 0.5) is 17.5 Å². The zero-order chi connectivity index (χ0) is 29.9. The molecule has 2 aromatic heterocycles. The Morgan fingerprint density at radius 3 is 2.45 bits per heavy atom. The SMILES string of the molecule is COc1cc2nc(N3CCN(C(=O)c4ccco4)CC3)nc(N)c2cc1OC.NS(=O)(=O)c1ccc2c(c1)SNC=N2. The molecule has 2 aliphatic rings. The van der Waals surface area contributed by atoms with Gasteiger partial charge in [-0.2, -0.15) is 4.98 Å². The topological polar surface area (TPSA) is 192 Å². The number of methoxy groups -OCH3 is 2. The summed E-state index contributed by atoms with van der Waals surface area (Å²) >= 11 is 1.30. The standard InChI is InChI=1S/C19H21N5O4.C7H7N3O2S2/c1-26-15-10-12-13(11-16(15)27-2)21-19(22-17(12)20)24-7-5-23(6-8-24)18(25)14-4-3-9-28-14;8-14(11,12)5-1-2-6-7(3-5)13-10-4-9-6/h3-4,9-11H,5-8H2,1-2H3,(H2,20,21,22);1-4H,(H,9,10)(H2,8,11,12). The number of furan rings is 1. The average molecular weight is 613 g/mol. The van der Waals surface area contributed by atoms with E-state index in [2.05, 4.69) is 19.7 Å². The van der Waals surface area contributed by atoms with Gasteiger partial charge >= 0.3 is 0 Å². The van der Waals surface area contributed by atoms with Gasteiger partial charge in [0.1, 0.15) is 5.82 Å². The van der Waals surface area contributed by atoms with Gasteiger partial charge in [0, 0.05) is 37.6 Å². The number of fused-ring (bicyclic) bond motifs is 2. The first-order chi connectivity index (χ1) is 20.2. The number of rotatable bonds is 5. The van der Waals surface area contributed by atoms with Crippen molar-refractivity contribution in [1.29, 1.82) is 0 Å². The fourth-order valence-electron chi connectivity index (χ4n) is 4.32. The van der Waals surface area contributed by atoms with Gasteiger partial charge in [0.05, 0.1) is 47.8 Å². The minimum atomic E-state index is -3.63. The Hall–Kier alpha value is -4.54. The number of nitrogen functional groups attached to an aromatic ring is 1. The predicted octanol–water partition coefficient (Wildman–Crippen LogP) is 2.39. The molecular weight excluding hydrogens is 584 g/mol. The molecule has 0 saturated carbocycles. The van der Waals surface area contributed by atoms with Crippen molar-refractivity contribution in [1.82, 2.24) is 19.6 Å². The number of aliphatic imine (C=N–C) groups is 1. The first-order valence-electron chi connectivity index (χ1n) is 12.6. The van der Waals surface area contributed by atoms with E-state index >= 15 is 0 Å². The lowest BCUT2D eigenvalue weighted by Gasteiger charge is -2.34. The average Bonchev–Trinajstić information content (AvgIpc) is 3.55. The number of ether oxygens (including phenoxy) is 2. The van der Waals surface area contributed by atoms with E-state index in [0.717, 1.165) is 10.6 Å². The molecule has 42 heavy (non-hydrogen) atoms. The summed E-state index contributed by atoms with van der Waals surface area (Å²) in [6.07, 6.45) is 3.04. The van der Waals surface area contributed by atoms with Crippen molar-refractivity contribution in [2.45, 2.75) is 9.79 Å². The van der Waals surface area contributed by atoms with Crippen molar-refractivity contribution in [3.63, 3.8) is 0 Å². The maximum Gasteiger partial charge on any atom is 0.289 e. The van der Waals surface area contributed by atoms with E-state index < -0.39 is 10.0 Å². The van der Waals surface area contributed by atoms with Crippen molar-refractivity contribution in [2.24, 2.45) is 10.1 Å². The Labute approximate surface area is 245 Å². The zero-order valence-electron chi connectivity index (χ0n) is 22.7. The van der Waals surface area contributed by atoms with Crippen LogP contribution in [-0.4, -0.2) is 75.9 Å². The van der Waals surface area contributed by atoms with Gasteiger partial charge in [0.2, 0.25) is 16.0 Å². The van der Waals surface area contributed by atoms with E-state index in [-0.39, 0.29) is 10.8 Å². The Balaban J connectivity index is 0.000000211. The molecule has 6 rings (SSSR count). The smallest absolute Gasteiger partial charge is 0.289 e. The second kappa shape index (κ2) is 12.1. The molecule has 2 aliphatic heterocycles. The van der Waals surface area contributed by atoms with Crippen molar-refractivity contribution in [3.05, 3.63) is 54.5 Å². The summed E-state index contributed by atoms with van der Waals surface area (Å²) in [7, 11) is -0.487. The summed E-state index contributed by atoms with van der Waals surface area (Å²) in [6.45, 7) is 2.30. The molecule has 0 aliphatic carbocycles. The number of piperazine rings is 1. The normalized spacial score (nSPS) is 14.5. The van der Waals surface area contributed by atoms with Gasteiger partial charge in [-0.1, -0.05) is 0 Å². The zero-order valence-corrected chi connectivity index (χ0v) is 24.3. The molecule has 0 spiro atoms. The summed E-state index contributed by atoms with van der Waals surface area (Å²) in [4.78, 5) is 30.1. The molecule has 4 heterocycles. The van der Waals surface area contributed by atoms with Gasteiger partial charge in [-0.05, 0) is 48.3 Å². The third-order valence-corrected chi connectivity index (χ3v) is 8.17. The van der Waals surface area contributed by atoms with Crippen molar-refractivity contribution < 1.29 is 27.1 Å². The van der Waals surface area contributed by atoms with Crippen LogP contribution < -0.4 is 30.0 Å². The molecular formula is C26H28N8O6S2. The number of sulfonamides is 1. The number of hydrogen-bond acceptors (Lipinski definition) is 13. The lowest BCUT2D eigenvalue weighted by molar-refractivity contribution is 0.0714. The van der Waals surface area contributed by atoms with Crippen LogP contribution in [0.5, 0.6) is 11.5 Å². The van der Waals surface area contributed by atoms with Gasteiger partial charge in [-0.25, -0.2) is 23.5 Å². The highest BCUT2D eigenvalue weighted by Crippen LogP contribution is 2.34. The van der Waals surface area contributed by atoms with E-state index in [1.165, 1.54) is 30.3 Å². The molecule has 1 saturated heterocycles. The third-order valence-electron chi connectivity index (χ3n) is 6.49. The lowest BCUT2D eigenvalue weighted by Crippen LogP contribution is -2.49. The van der Waals surface area contributed by atoms with Crippen molar-refractivity contribution in [3.8, 4) is 11.5 Å². The van der Waals surface area contributed by atoms with Crippen LogP contribution in [0.1, 0.15) is 10.6 Å². The largest absolute Gasteiger partial charge is 0.493 e. The van der Waals surface area contributed by atoms with Gasteiger partial charge in [-0.15, -0.1) is 0 Å². The maximum atomic E-state index is 12.4. The fraction of sp³-hybridized carbons (Fsp3) is 0.231. The number of hydrogen-bond donors (Lipinski definition) is 3. The molecule has 0 bridgehead atoms. The predicted molar refractivity (Wildman–Crippen MR) is 159 cm³/mol. The second-order valence-electron chi connectivity index (χ2n) is 9.04. The molecule has 0 atom stereocenters. The number of primary sulfonamides is 1. The molecule has 5 N–H and O–H groups in total. The first kappa shape index (κ1) is 29.0. The number of amides is 1. The summed E-state index contributed by atoms with van der Waals surface area (Å²) in [5.41, 5.74) is 7.58. The van der Waals surface area contributed by atoms with Gasteiger partial charge in [-0.3, -0.25) is 4.79 Å². The monoisotopic (exact) mass is 612 g/mol. The number of benzene rings is 2. The van der Waals surface area contributed by atoms with Gasteiger partial charge in [0.15, 0.2) is 17.3 Å². The summed E-state index contributed by atoms with van der Waals surface area (Å²) in [5, 5.41) is 5.70. The number of carbonyl (C=O) groups excluding carboxylic acids is 1. The van der Waals surface area contributed by atoms with Crippen molar-refractivity contribution in [2.75, 3.05) is 51.0 Å². The highest BCUT2D eigenvalue weighted by Gasteiger charge is 2.25. The molecule has 14 nitrogen and oxygen atoms in total. The number of nitrogens with two attached hydrogens (primary N) is 2. The molecule has 2 aromatic carbocycles. The first-order valence-corrected chi connectivity index (χ1v) is 14.9. The minimum Gasteiger partial charge on any atom is -0.493 e. The number of nitrogens with zero attached hydrogens (tertiary/aromatic N) is 5.